The molecule has 0 spiro atoms. The summed E-state index contributed by atoms with van der Waals surface area (Å²) in [5, 5.41) is 0. The number of rotatable bonds is 3. The fourth-order valence-electron chi connectivity index (χ4n) is 1.58. The molecule has 0 fully saturated rings. The summed E-state index contributed by atoms with van der Waals surface area (Å²) in [6.07, 6.45) is 5.37. The van der Waals surface area contributed by atoms with Crippen molar-refractivity contribution in [1.82, 2.24) is 0 Å². The van der Waals surface area contributed by atoms with Gasteiger partial charge in [-0.1, -0.05) is 20.8 Å². The molecular weight excluding hydrogens is 172 g/mol. The Morgan fingerprint density at radius 3 is 2.64 bits per heavy atom. The fraction of sp³-hybridized carbons (Fsp3) is 0.583. The Balaban J connectivity index is 2.73. The molecule has 0 aliphatic rings. The maximum Gasteiger partial charge on any atom is 0.172 e. The molecule has 0 unspecified atom stereocenters. The summed E-state index contributed by atoms with van der Waals surface area (Å²) in [5.74, 6) is 0. The van der Waals surface area contributed by atoms with Gasteiger partial charge >= 0.3 is 0 Å². The molecule has 0 aromatic carbocycles. The van der Waals surface area contributed by atoms with Gasteiger partial charge in [-0.3, -0.25) is 0 Å². The third kappa shape index (κ3) is 3.88. The molecule has 1 rings (SSSR count). The van der Waals surface area contributed by atoms with Gasteiger partial charge in [0.15, 0.2) is 18.9 Å². The highest BCUT2D eigenvalue weighted by Gasteiger charge is 2.13. The summed E-state index contributed by atoms with van der Waals surface area (Å²) >= 11 is 0. The van der Waals surface area contributed by atoms with Crippen LogP contribution in [0.5, 0.6) is 0 Å². The molecule has 0 bridgehead atoms. The van der Waals surface area contributed by atoms with Gasteiger partial charge in [-0.05, 0) is 17.9 Å². The predicted octanol–water partition coefficient (Wildman–Crippen LogP) is 1.52. The van der Waals surface area contributed by atoms with E-state index in [1.165, 1.54) is 5.56 Å². The Kier molecular flexibility index (Phi) is 3.64. The Morgan fingerprint density at radius 2 is 2.07 bits per heavy atom. The average molecular weight is 193 g/mol. The molecule has 0 saturated heterocycles. The van der Waals surface area contributed by atoms with E-state index < -0.39 is 0 Å². The summed E-state index contributed by atoms with van der Waals surface area (Å²) < 4.78 is 2.15. The van der Waals surface area contributed by atoms with Crippen LogP contribution >= 0.6 is 0 Å². The van der Waals surface area contributed by atoms with Crippen LogP contribution in [-0.2, 0) is 13.0 Å². The minimum Gasteiger partial charge on any atom is -0.325 e. The largest absolute Gasteiger partial charge is 0.325 e. The van der Waals surface area contributed by atoms with Gasteiger partial charge in [0.05, 0.1) is 6.54 Å². The van der Waals surface area contributed by atoms with Crippen LogP contribution in [0.4, 0.5) is 0 Å². The third-order valence-electron chi connectivity index (χ3n) is 2.04. The lowest BCUT2D eigenvalue weighted by Gasteiger charge is -2.16. The molecule has 14 heavy (non-hydrogen) atoms. The van der Waals surface area contributed by atoms with Crippen LogP contribution in [0.2, 0.25) is 0 Å². The van der Waals surface area contributed by atoms with Crippen molar-refractivity contribution < 1.29 is 4.57 Å². The maximum absolute atomic E-state index is 5.52. The first-order chi connectivity index (χ1) is 6.51. The van der Waals surface area contributed by atoms with Crippen molar-refractivity contribution in [3.05, 3.63) is 30.1 Å². The monoisotopic (exact) mass is 193 g/mol. The molecule has 1 aromatic rings. The second-order valence-electron chi connectivity index (χ2n) is 4.98. The Bertz CT molecular complexity index is 287. The van der Waals surface area contributed by atoms with Crippen molar-refractivity contribution in [2.75, 3.05) is 6.54 Å². The minimum atomic E-state index is 0.349. The molecule has 2 heteroatoms. The molecule has 2 N–H and O–H groups in total. The number of nitrogens with two attached hydrogens (primary N) is 1. The van der Waals surface area contributed by atoms with Gasteiger partial charge in [0.2, 0.25) is 0 Å². The van der Waals surface area contributed by atoms with E-state index in [4.69, 9.17) is 5.73 Å². The van der Waals surface area contributed by atoms with E-state index in [1.54, 1.807) is 0 Å². The van der Waals surface area contributed by atoms with E-state index in [9.17, 15) is 0 Å². The van der Waals surface area contributed by atoms with Crippen molar-refractivity contribution in [1.29, 1.82) is 0 Å². The Labute approximate surface area is 86.8 Å². The normalized spacial score (nSPS) is 11.7. The molecule has 2 nitrogen and oxygen atoms in total. The molecule has 0 aliphatic carbocycles. The zero-order valence-corrected chi connectivity index (χ0v) is 9.46. The van der Waals surface area contributed by atoms with Gasteiger partial charge in [-0.25, -0.2) is 4.57 Å². The standard InChI is InChI=1S/C12H21N2/c1-12(2,3)9-11-5-4-7-14(10-11)8-6-13/h4-5,7,10H,6,8-9,13H2,1-3H3/q+1. The summed E-state index contributed by atoms with van der Waals surface area (Å²) in [5.41, 5.74) is 7.25. The highest BCUT2D eigenvalue weighted by Crippen LogP contribution is 2.19. The van der Waals surface area contributed by atoms with Gasteiger partial charge in [0.25, 0.3) is 0 Å². The molecule has 0 radical (unpaired) electrons. The van der Waals surface area contributed by atoms with Gasteiger partial charge in [0, 0.05) is 11.6 Å². The molecule has 0 atom stereocenters. The molecule has 1 heterocycles. The zero-order valence-electron chi connectivity index (χ0n) is 9.46. The second-order valence-corrected chi connectivity index (χ2v) is 4.98. The Morgan fingerprint density at radius 1 is 1.36 bits per heavy atom. The zero-order chi connectivity index (χ0) is 10.6. The average Bonchev–Trinajstić information content (AvgIpc) is 2.02. The smallest absolute Gasteiger partial charge is 0.172 e. The van der Waals surface area contributed by atoms with Crippen molar-refractivity contribution >= 4 is 0 Å². The van der Waals surface area contributed by atoms with Crippen molar-refractivity contribution in [2.45, 2.75) is 33.7 Å². The number of hydrogen-bond acceptors (Lipinski definition) is 1. The number of aromatic nitrogens is 1. The predicted molar refractivity (Wildman–Crippen MR) is 58.9 cm³/mol. The highest BCUT2D eigenvalue weighted by atomic mass is 14.9. The summed E-state index contributed by atoms with van der Waals surface area (Å²) in [6.45, 7) is 8.37. The highest BCUT2D eigenvalue weighted by molar-refractivity contribution is 5.07. The van der Waals surface area contributed by atoms with Crippen molar-refractivity contribution in [3.63, 3.8) is 0 Å². The Hall–Kier alpha value is -0.890. The number of pyridine rings is 1. The van der Waals surface area contributed by atoms with Crippen LogP contribution in [0.15, 0.2) is 24.5 Å². The summed E-state index contributed by atoms with van der Waals surface area (Å²) in [7, 11) is 0. The number of hydrogen-bond donors (Lipinski definition) is 1. The fourth-order valence-corrected chi connectivity index (χ4v) is 1.58. The van der Waals surface area contributed by atoms with E-state index in [2.05, 4.69) is 49.9 Å². The lowest BCUT2D eigenvalue weighted by Crippen LogP contribution is -2.37. The van der Waals surface area contributed by atoms with Gasteiger partial charge < -0.3 is 5.73 Å². The molecule has 0 saturated carbocycles. The first-order valence-electron chi connectivity index (χ1n) is 5.19. The maximum atomic E-state index is 5.52. The topological polar surface area (TPSA) is 29.9 Å². The van der Waals surface area contributed by atoms with Gasteiger partial charge in [0.1, 0.15) is 0 Å². The SMILES string of the molecule is CC(C)(C)Cc1ccc[n+](CCN)c1. The van der Waals surface area contributed by atoms with Crippen LogP contribution in [0.1, 0.15) is 26.3 Å². The van der Waals surface area contributed by atoms with E-state index in [1.807, 2.05) is 0 Å². The molecule has 0 aliphatic heterocycles. The van der Waals surface area contributed by atoms with Gasteiger partial charge in [-0.2, -0.15) is 0 Å². The lowest BCUT2D eigenvalue weighted by molar-refractivity contribution is -0.694. The molecule has 0 amide bonds. The lowest BCUT2D eigenvalue weighted by atomic mass is 9.89. The molecule has 78 valence electrons. The second kappa shape index (κ2) is 4.56. The third-order valence-corrected chi connectivity index (χ3v) is 2.04. The minimum absolute atomic E-state index is 0.349. The van der Waals surface area contributed by atoms with Crippen molar-refractivity contribution in [2.24, 2.45) is 11.1 Å². The summed E-state index contributed by atoms with van der Waals surface area (Å²) in [4.78, 5) is 0. The van der Waals surface area contributed by atoms with Crippen LogP contribution in [0.25, 0.3) is 0 Å². The van der Waals surface area contributed by atoms with E-state index in [-0.39, 0.29) is 0 Å². The molecular formula is C12H21N2+. The van der Waals surface area contributed by atoms with E-state index >= 15 is 0 Å². The van der Waals surface area contributed by atoms with Gasteiger partial charge in [-0.15, -0.1) is 0 Å². The molecule has 1 aromatic heterocycles. The van der Waals surface area contributed by atoms with Crippen LogP contribution < -0.4 is 10.3 Å². The first kappa shape index (κ1) is 11.2. The van der Waals surface area contributed by atoms with Crippen LogP contribution in [0, 0.1) is 5.41 Å². The van der Waals surface area contributed by atoms with Crippen LogP contribution in [0.3, 0.4) is 0 Å². The quantitative estimate of drug-likeness (QED) is 0.725. The van der Waals surface area contributed by atoms with E-state index in [0.29, 0.717) is 12.0 Å². The number of nitrogens with zero attached hydrogens (tertiary/aromatic N) is 1. The summed E-state index contributed by atoms with van der Waals surface area (Å²) in [6, 6.07) is 4.27. The van der Waals surface area contributed by atoms with Crippen molar-refractivity contribution in [3.8, 4) is 0 Å². The van der Waals surface area contributed by atoms with E-state index in [0.717, 1.165) is 13.0 Å². The first-order valence-corrected chi connectivity index (χ1v) is 5.19. The van der Waals surface area contributed by atoms with Crippen LogP contribution in [-0.4, -0.2) is 6.54 Å².